The largest absolute Gasteiger partial charge is 0.507 e. The Morgan fingerprint density at radius 1 is 1.30 bits per heavy atom. The Morgan fingerprint density at radius 3 is 2.95 bits per heavy atom. The van der Waals surface area contributed by atoms with Gasteiger partial charge in [0.2, 0.25) is 0 Å². The van der Waals surface area contributed by atoms with Crippen molar-refractivity contribution in [3.63, 3.8) is 0 Å². The fraction of sp³-hybridized carbons (Fsp3) is 0.133. The van der Waals surface area contributed by atoms with Crippen molar-refractivity contribution in [2.75, 3.05) is 6.61 Å². The van der Waals surface area contributed by atoms with Crippen LogP contribution in [-0.4, -0.2) is 17.6 Å². The van der Waals surface area contributed by atoms with Crippen LogP contribution in [0.5, 0.6) is 11.5 Å². The van der Waals surface area contributed by atoms with E-state index in [0.717, 1.165) is 11.3 Å². The third-order valence-electron chi connectivity index (χ3n) is 3.21. The normalized spacial score (nSPS) is 16.4. The van der Waals surface area contributed by atoms with Crippen LogP contribution in [0.2, 0.25) is 5.02 Å². The van der Waals surface area contributed by atoms with Crippen LogP contribution in [-0.2, 0) is 0 Å². The SMILES string of the molecule is O=C(NC1COc2ccccc21)c1cc(Cl)ccc1O. The molecule has 0 aromatic heterocycles. The quantitative estimate of drug-likeness (QED) is 0.894. The lowest BCUT2D eigenvalue weighted by molar-refractivity contribution is 0.0927. The summed E-state index contributed by atoms with van der Waals surface area (Å²) in [6.07, 6.45) is 0. The first-order chi connectivity index (χ1) is 9.65. The zero-order chi connectivity index (χ0) is 14.1. The van der Waals surface area contributed by atoms with E-state index >= 15 is 0 Å². The molecule has 2 aromatic rings. The van der Waals surface area contributed by atoms with Gasteiger partial charge in [0, 0.05) is 10.6 Å². The van der Waals surface area contributed by atoms with E-state index in [1.807, 2.05) is 24.3 Å². The van der Waals surface area contributed by atoms with Crippen LogP contribution in [0.25, 0.3) is 0 Å². The summed E-state index contributed by atoms with van der Waals surface area (Å²) >= 11 is 5.84. The Hall–Kier alpha value is -2.20. The lowest BCUT2D eigenvalue weighted by Gasteiger charge is -2.12. The molecule has 0 radical (unpaired) electrons. The highest BCUT2D eigenvalue weighted by Gasteiger charge is 2.26. The summed E-state index contributed by atoms with van der Waals surface area (Å²) < 4.78 is 5.50. The fourth-order valence-electron chi connectivity index (χ4n) is 2.21. The zero-order valence-corrected chi connectivity index (χ0v) is 11.2. The van der Waals surface area contributed by atoms with Crippen molar-refractivity contribution in [3.05, 3.63) is 58.6 Å². The second-order valence-corrected chi connectivity index (χ2v) is 4.97. The van der Waals surface area contributed by atoms with Crippen LogP contribution >= 0.6 is 11.6 Å². The summed E-state index contributed by atoms with van der Waals surface area (Å²) in [5.74, 6) is 0.294. The number of hydrogen-bond donors (Lipinski definition) is 2. The van der Waals surface area contributed by atoms with Crippen LogP contribution in [0.1, 0.15) is 22.0 Å². The van der Waals surface area contributed by atoms with Crippen LogP contribution in [0.3, 0.4) is 0 Å². The summed E-state index contributed by atoms with van der Waals surface area (Å²) in [6, 6.07) is 11.7. The molecule has 2 aromatic carbocycles. The minimum atomic E-state index is -0.379. The van der Waals surface area contributed by atoms with E-state index in [1.54, 1.807) is 0 Å². The van der Waals surface area contributed by atoms with Crippen LogP contribution in [0, 0.1) is 0 Å². The minimum Gasteiger partial charge on any atom is -0.507 e. The molecule has 102 valence electrons. The summed E-state index contributed by atoms with van der Waals surface area (Å²) in [5.41, 5.74) is 1.09. The van der Waals surface area contributed by atoms with E-state index < -0.39 is 0 Å². The molecule has 20 heavy (non-hydrogen) atoms. The van der Waals surface area contributed by atoms with E-state index in [0.29, 0.717) is 11.6 Å². The van der Waals surface area contributed by atoms with E-state index in [9.17, 15) is 9.90 Å². The van der Waals surface area contributed by atoms with Gasteiger partial charge in [-0.15, -0.1) is 0 Å². The number of nitrogens with one attached hydrogen (secondary N) is 1. The number of halogens is 1. The molecule has 1 heterocycles. The summed E-state index contributed by atoms with van der Waals surface area (Å²) in [5, 5.41) is 13.0. The Morgan fingerprint density at radius 2 is 2.10 bits per heavy atom. The molecule has 2 N–H and O–H groups in total. The maximum Gasteiger partial charge on any atom is 0.255 e. The number of ether oxygens (including phenoxy) is 1. The molecule has 0 spiro atoms. The molecule has 4 nitrogen and oxygen atoms in total. The molecule has 0 fully saturated rings. The van der Waals surface area contributed by atoms with Crippen molar-refractivity contribution in [3.8, 4) is 11.5 Å². The average molecular weight is 290 g/mol. The van der Waals surface area contributed by atoms with Gasteiger partial charge < -0.3 is 15.2 Å². The molecular formula is C15H12ClNO3. The standard InChI is InChI=1S/C15H12ClNO3/c16-9-5-6-13(18)11(7-9)15(19)17-12-8-20-14-4-2-1-3-10(12)14/h1-7,12,18H,8H2,(H,17,19). The second kappa shape index (κ2) is 5.06. The Kier molecular flexibility index (Phi) is 3.24. The molecule has 0 saturated carbocycles. The van der Waals surface area contributed by atoms with E-state index in [-0.39, 0.29) is 23.3 Å². The maximum atomic E-state index is 12.2. The van der Waals surface area contributed by atoms with Crippen molar-refractivity contribution < 1.29 is 14.6 Å². The van der Waals surface area contributed by atoms with Crippen molar-refractivity contribution >= 4 is 17.5 Å². The van der Waals surface area contributed by atoms with Gasteiger partial charge in [0.15, 0.2) is 0 Å². The Labute approximate surface area is 120 Å². The molecule has 5 heteroatoms. The van der Waals surface area contributed by atoms with Crippen molar-refractivity contribution in [2.24, 2.45) is 0 Å². The number of fused-ring (bicyclic) bond motifs is 1. The average Bonchev–Trinajstić information content (AvgIpc) is 2.85. The highest BCUT2D eigenvalue weighted by atomic mass is 35.5. The number of aromatic hydroxyl groups is 1. The first-order valence-corrected chi connectivity index (χ1v) is 6.54. The van der Waals surface area contributed by atoms with Gasteiger partial charge in [-0.05, 0) is 24.3 Å². The monoisotopic (exact) mass is 289 g/mol. The van der Waals surface area contributed by atoms with Gasteiger partial charge in [0.05, 0.1) is 11.6 Å². The summed E-state index contributed by atoms with van der Waals surface area (Å²) in [6.45, 7) is 0.381. The van der Waals surface area contributed by atoms with Crippen molar-refractivity contribution in [2.45, 2.75) is 6.04 Å². The lowest BCUT2D eigenvalue weighted by atomic mass is 10.1. The highest BCUT2D eigenvalue weighted by molar-refractivity contribution is 6.31. The smallest absolute Gasteiger partial charge is 0.255 e. The van der Waals surface area contributed by atoms with Gasteiger partial charge in [0.25, 0.3) is 5.91 Å². The maximum absolute atomic E-state index is 12.2. The van der Waals surface area contributed by atoms with Crippen molar-refractivity contribution in [1.29, 1.82) is 0 Å². The predicted molar refractivity (Wildman–Crippen MR) is 75.3 cm³/mol. The molecule has 0 saturated heterocycles. The van der Waals surface area contributed by atoms with Gasteiger partial charge >= 0.3 is 0 Å². The zero-order valence-electron chi connectivity index (χ0n) is 10.5. The fourth-order valence-corrected chi connectivity index (χ4v) is 2.38. The number of hydrogen-bond acceptors (Lipinski definition) is 3. The van der Waals surface area contributed by atoms with E-state index in [1.165, 1.54) is 18.2 Å². The second-order valence-electron chi connectivity index (χ2n) is 4.54. The third-order valence-corrected chi connectivity index (χ3v) is 3.44. The van der Waals surface area contributed by atoms with Crippen molar-refractivity contribution in [1.82, 2.24) is 5.32 Å². The number of benzene rings is 2. The van der Waals surface area contributed by atoms with Crippen LogP contribution in [0.4, 0.5) is 0 Å². The molecule has 3 rings (SSSR count). The Bertz CT molecular complexity index is 672. The third kappa shape index (κ3) is 2.30. The molecule has 0 bridgehead atoms. The number of rotatable bonds is 2. The molecule has 1 aliphatic rings. The van der Waals surface area contributed by atoms with Gasteiger partial charge in [-0.2, -0.15) is 0 Å². The van der Waals surface area contributed by atoms with Gasteiger partial charge in [-0.25, -0.2) is 0 Å². The molecule has 1 unspecified atom stereocenters. The number of para-hydroxylation sites is 1. The van der Waals surface area contributed by atoms with Gasteiger partial charge in [-0.1, -0.05) is 29.8 Å². The van der Waals surface area contributed by atoms with E-state index in [2.05, 4.69) is 5.32 Å². The van der Waals surface area contributed by atoms with Crippen LogP contribution < -0.4 is 10.1 Å². The Balaban J connectivity index is 1.82. The minimum absolute atomic E-state index is 0.0981. The first kappa shape index (κ1) is 12.8. The number of carbonyl (C=O) groups excluding carboxylic acids is 1. The van der Waals surface area contributed by atoms with E-state index in [4.69, 9.17) is 16.3 Å². The topological polar surface area (TPSA) is 58.6 Å². The molecule has 1 amide bonds. The molecule has 1 atom stereocenters. The van der Waals surface area contributed by atoms with Gasteiger partial charge in [0.1, 0.15) is 18.1 Å². The highest BCUT2D eigenvalue weighted by Crippen LogP contribution is 2.32. The van der Waals surface area contributed by atoms with Crippen LogP contribution in [0.15, 0.2) is 42.5 Å². The molecular weight excluding hydrogens is 278 g/mol. The predicted octanol–water partition coefficient (Wildman–Crippen LogP) is 2.91. The summed E-state index contributed by atoms with van der Waals surface area (Å²) in [4.78, 5) is 12.2. The number of amides is 1. The number of phenolic OH excluding ortho intramolecular Hbond substituents is 1. The number of carbonyl (C=O) groups is 1. The first-order valence-electron chi connectivity index (χ1n) is 6.16. The molecule has 1 aliphatic heterocycles. The lowest BCUT2D eigenvalue weighted by Crippen LogP contribution is -2.29. The number of phenols is 1. The van der Waals surface area contributed by atoms with Gasteiger partial charge in [-0.3, -0.25) is 4.79 Å². The summed E-state index contributed by atoms with van der Waals surface area (Å²) in [7, 11) is 0. The molecule has 0 aliphatic carbocycles.